The van der Waals surface area contributed by atoms with Crippen molar-refractivity contribution in [2.45, 2.75) is 34.2 Å². The molecule has 0 fully saturated rings. The normalized spacial score (nSPS) is 10.6. The molecule has 0 unspecified atom stereocenters. The number of benzene rings is 2. The maximum Gasteiger partial charge on any atom is 0.136 e. The molecule has 0 bridgehead atoms. The summed E-state index contributed by atoms with van der Waals surface area (Å²) in [6.07, 6.45) is 0. The lowest BCUT2D eigenvalue weighted by molar-refractivity contribution is 0.414. The van der Waals surface area contributed by atoms with Crippen LogP contribution in [0.15, 0.2) is 42.5 Å². The van der Waals surface area contributed by atoms with Crippen molar-refractivity contribution in [2.75, 3.05) is 17.7 Å². The Morgan fingerprint density at radius 2 is 1.48 bits per heavy atom. The molecular weight excluding hydrogens is 336 g/mol. The second-order valence-corrected chi connectivity index (χ2v) is 6.79. The fourth-order valence-electron chi connectivity index (χ4n) is 3.16. The zero-order valence-electron chi connectivity index (χ0n) is 16.6. The number of hydrogen-bond donors (Lipinski definition) is 2. The summed E-state index contributed by atoms with van der Waals surface area (Å²) in [5.41, 5.74) is 5.93. The zero-order valence-corrected chi connectivity index (χ0v) is 16.6. The summed E-state index contributed by atoms with van der Waals surface area (Å²) in [6, 6.07) is 14.3. The van der Waals surface area contributed by atoms with E-state index in [0.29, 0.717) is 6.54 Å². The standard InChI is InChI=1S/C22H26N4O/c1-14-10-15(2)22(16(3)11-14)26-21-12-20(24-17(4)25-21)23-13-18-6-8-19(27-5)9-7-18/h6-12H,13H2,1-5H3,(H2,23,24,25,26). The molecule has 0 aliphatic heterocycles. The zero-order chi connectivity index (χ0) is 19.4. The van der Waals surface area contributed by atoms with E-state index >= 15 is 0 Å². The van der Waals surface area contributed by atoms with Crippen molar-refractivity contribution in [3.63, 3.8) is 0 Å². The minimum absolute atomic E-state index is 0.683. The lowest BCUT2D eigenvalue weighted by Crippen LogP contribution is -2.06. The third kappa shape index (κ3) is 4.76. The Bertz CT molecular complexity index is 913. The minimum Gasteiger partial charge on any atom is -0.497 e. The predicted octanol–water partition coefficient (Wildman–Crippen LogP) is 5.07. The van der Waals surface area contributed by atoms with E-state index in [1.54, 1.807) is 7.11 Å². The molecule has 0 aliphatic rings. The Balaban J connectivity index is 1.76. The number of ether oxygens (including phenoxy) is 1. The summed E-state index contributed by atoms with van der Waals surface area (Å²) < 4.78 is 5.20. The fraction of sp³-hybridized carbons (Fsp3) is 0.273. The van der Waals surface area contributed by atoms with Crippen molar-refractivity contribution < 1.29 is 4.74 Å². The van der Waals surface area contributed by atoms with Gasteiger partial charge in [0.2, 0.25) is 0 Å². The highest BCUT2D eigenvalue weighted by Gasteiger charge is 2.07. The van der Waals surface area contributed by atoms with Gasteiger partial charge in [-0.2, -0.15) is 0 Å². The topological polar surface area (TPSA) is 59.1 Å². The molecule has 5 nitrogen and oxygen atoms in total. The van der Waals surface area contributed by atoms with Crippen LogP contribution in [0, 0.1) is 27.7 Å². The summed E-state index contributed by atoms with van der Waals surface area (Å²) in [7, 11) is 1.67. The van der Waals surface area contributed by atoms with Crippen molar-refractivity contribution in [2.24, 2.45) is 0 Å². The quantitative estimate of drug-likeness (QED) is 0.641. The van der Waals surface area contributed by atoms with E-state index < -0.39 is 0 Å². The molecule has 0 saturated heterocycles. The van der Waals surface area contributed by atoms with Gasteiger partial charge < -0.3 is 15.4 Å². The van der Waals surface area contributed by atoms with Gasteiger partial charge in [0.15, 0.2) is 0 Å². The Kier molecular flexibility index (Phi) is 5.60. The lowest BCUT2D eigenvalue weighted by atomic mass is 10.1. The monoisotopic (exact) mass is 362 g/mol. The summed E-state index contributed by atoms with van der Waals surface area (Å²) >= 11 is 0. The number of nitrogens with one attached hydrogen (secondary N) is 2. The van der Waals surface area contributed by atoms with Gasteiger partial charge in [0.1, 0.15) is 23.2 Å². The second kappa shape index (κ2) is 8.08. The lowest BCUT2D eigenvalue weighted by Gasteiger charge is -2.15. The first kappa shape index (κ1) is 18.7. The van der Waals surface area contributed by atoms with E-state index in [-0.39, 0.29) is 0 Å². The van der Waals surface area contributed by atoms with E-state index in [9.17, 15) is 0 Å². The average molecular weight is 362 g/mol. The first-order valence-corrected chi connectivity index (χ1v) is 9.02. The van der Waals surface area contributed by atoms with E-state index in [1.807, 2.05) is 37.3 Å². The first-order chi connectivity index (χ1) is 12.9. The van der Waals surface area contributed by atoms with E-state index in [4.69, 9.17) is 4.74 Å². The van der Waals surface area contributed by atoms with Gasteiger partial charge in [-0.1, -0.05) is 29.8 Å². The van der Waals surface area contributed by atoms with Crippen LogP contribution in [-0.2, 0) is 6.54 Å². The third-order valence-corrected chi connectivity index (χ3v) is 4.40. The summed E-state index contributed by atoms with van der Waals surface area (Å²) in [5.74, 6) is 3.16. The van der Waals surface area contributed by atoms with E-state index in [0.717, 1.165) is 34.5 Å². The van der Waals surface area contributed by atoms with Gasteiger partial charge in [-0.25, -0.2) is 9.97 Å². The molecule has 1 aromatic heterocycles. The Labute approximate surface area is 160 Å². The van der Waals surface area contributed by atoms with Crippen LogP contribution in [0.1, 0.15) is 28.1 Å². The predicted molar refractivity (Wildman–Crippen MR) is 111 cm³/mol. The van der Waals surface area contributed by atoms with E-state index in [1.165, 1.54) is 16.7 Å². The second-order valence-electron chi connectivity index (χ2n) is 6.79. The highest BCUT2D eigenvalue weighted by molar-refractivity contribution is 5.66. The van der Waals surface area contributed by atoms with Crippen molar-refractivity contribution in [1.82, 2.24) is 9.97 Å². The highest BCUT2D eigenvalue weighted by Crippen LogP contribution is 2.26. The molecule has 1 heterocycles. The highest BCUT2D eigenvalue weighted by atomic mass is 16.5. The van der Waals surface area contributed by atoms with Gasteiger partial charge in [0.25, 0.3) is 0 Å². The number of rotatable bonds is 6. The van der Waals surface area contributed by atoms with Crippen LogP contribution in [0.4, 0.5) is 17.3 Å². The number of methoxy groups -OCH3 is 1. The summed E-state index contributed by atoms with van der Waals surface area (Å²) in [4.78, 5) is 9.03. The van der Waals surface area contributed by atoms with Gasteiger partial charge in [0, 0.05) is 18.3 Å². The van der Waals surface area contributed by atoms with Gasteiger partial charge in [0.05, 0.1) is 7.11 Å². The average Bonchev–Trinajstić information content (AvgIpc) is 2.63. The molecule has 3 aromatic rings. The molecule has 3 rings (SSSR count). The largest absolute Gasteiger partial charge is 0.497 e. The van der Waals surface area contributed by atoms with Crippen molar-refractivity contribution in [3.05, 3.63) is 70.5 Å². The van der Waals surface area contributed by atoms with Crippen molar-refractivity contribution in [3.8, 4) is 5.75 Å². The molecule has 27 heavy (non-hydrogen) atoms. The Hall–Kier alpha value is -3.08. The van der Waals surface area contributed by atoms with Gasteiger partial charge >= 0.3 is 0 Å². The molecular formula is C22H26N4O. The third-order valence-electron chi connectivity index (χ3n) is 4.40. The maximum atomic E-state index is 5.20. The van der Waals surface area contributed by atoms with Crippen molar-refractivity contribution >= 4 is 17.3 Å². The molecule has 0 radical (unpaired) electrons. The van der Waals surface area contributed by atoms with Gasteiger partial charge in [-0.15, -0.1) is 0 Å². The molecule has 0 saturated carbocycles. The number of hydrogen-bond acceptors (Lipinski definition) is 5. The Morgan fingerprint density at radius 3 is 2.11 bits per heavy atom. The summed E-state index contributed by atoms with van der Waals surface area (Å²) in [6.45, 7) is 8.92. The number of aromatic nitrogens is 2. The van der Waals surface area contributed by atoms with Crippen LogP contribution in [0.5, 0.6) is 5.75 Å². The SMILES string of the molecule is COc1ccc(CNc2cc(Nc3c(C)cc(C)cc3C)nc(C)n2)cc1. The first-order valence-electron chi connectivity index (χ1n) is 9.02. The molecule has 5 heteroatoms. The summed E-state index contributed by atoms with van der Waals surface area (Å²) in [5, 5.41) is 6.83. The van der Waals surface area contributed by atoms with Gasteiger partial charge in [-0.3, -0.25) is 0 Å². The number of aryl methyl sites for hydroxylation is 4. The number of anilines is 3. The number of nitrogens with zero attached hydrogens (tertiary/aromatic N) is 2. The molecule has 2 aromatic carbocycles. The molecule has 2 N–H and O–H groups in total. The molecule has 0 aliphatic carbocycles. The smallest absolute Gasteiger partial charge is 0.136 e. The van der Waals surface area contributed by atoms with Crippen LogP contribution in [0.3, 0.4) is 0 Å². The fourth-order valence-corrected chi connectivity index (χ4v) is 3.16. The van der Waals surface area contributed by atoms with Crippen LogP contribution in [0.25, 0.3) is 0 Å². The Morgan fingerprint density at radius 1 is 0.852 bits per heavy atom. The van der Waals surface area contributed by atoms with Crippen LogP contribution in [-0.4, -0.2) is 17.1 Å². The molecule has 0 spiro atoms. The maximum absolute atomic E-state index is 5.20. The minimum atomic E-state index is 0.683. The van der Waals surface area contributed by atoms with Crippen LogP contribution >= 0.6 is 0 Å². The van der Waals surface area contributed by atoms with Crippen LogP contribution in [0.2, 0.25) is 0 Å². The van der Waals surface area contributed by atoms with Gasteiger partial charge in [-0.05, 0) is 56.5 Å². The molecule has 140 valence electrons. The van der Waals surface area contributed by atoms with Crippen molar-refractivity contribution in [1.29, 1.82) is 0 Å². The van der Waals surface area contributed by atoms with Crippen LogP contribution < -0.4 is 15.4 Å². The molecule has 0 amide bonds. The molecule has 0 atom stereocenters. The van der Waals surface area contributed by atoms with E-state index in [2.05, 4.69) is 53.5 Å².